The van der Waals surface area contributed by atoms with Crippen LogP contribution in [0.2, 0.25) is 0 Å². The van der Waals surface area contributed by atoms with Crippen LogP contribution in [0.25, 0.3) is 11.5 Å². The fourth-order valence-corrected chi connectivity index (χ4v) is 3.33. The summed E-state index contributed by atoms with van der Waals surface area (Å²) in [5.74, 6) is 1.10. The van der Waals surface area contributed by atoms with Gasteiger partial charge in [0.05, 0.1) is 0 Å². The second-order valence-electron chi connectivity index (χ2n) is 6.41. The number of aromatic nitrogens is 1. The summed E-state index contributed by atoms with van der Waals surface area (Å²) in [4.78, 5) is 8.90. The molecular weight excluding hydrogens is 324 g/mol. The van der Waals surface area contributed by atoms with E-state index in [0.717, 1.165) is 37.3 Å². The molecule has 5 nitrogen and oxygen atoms in total. The average molecular weight is 344 g/mol. The number of hydrogen-bond donors (Lipinski definition) is 0. The molecule has 0 radical (unpaired) electrons. The molecule has 0 amide bonds. The molecular formula is C21H20N4O. The van der Waals surface area contributed by atoms with Gasteiger partial charge in [-0.2, -0.15) is 10.2 Å². The van der Waals surface area contributed by atoms with Crippen LogP contribution < -0.4 is 9.80 Å². The number of anilines is 2. The van der Waals surface area contributed by atoms with Crippen LogP contribution in [0.1, 0.15) is 11.3 Å². The molecule has 3 aromatic rings. The van der Waals surface area contributed by atoms with E-state index >= 15 is 0 Å². The Labute approximate surface area is 153 Å². The third-order valence-corrected chi connectivity index (χ3v) is 4.78. The zero-order valence-corrected chi connectivity index (χ0v) is 14.7. The maximum Gasteiger partial charge on any atom is 0.235 e. The first-order chi connectivity index (χ1) is 12.8. The average Bonchev–Trinajstić information content (AvgIpc) is 3.13. The monoisotopic (exact) mass is 344 g/mol. The molecule has 1 aliphatic rings. The molecule has 130 valence electrons. The maximum absolute atomic E-state index is 9.50. The number of oxazole rings is 1. The summed E-state index contributed by atoms with van der Waals surface area (Å²) in [7, 11) is 0. The van der Waals surface area contributed by atoms with Gasteiger partial charge in [-0.15, -0.1) is 0 Å². The summed E-state index contributed by atoms with van der Waals surface area (Å²) >= 11 is 0. The quantitative estimate of drug-likeness (QED) is 0.722. The van der Waals surface area contributed by atoms with Gasteiger partial charge in [0.25, 0.3) is 0 Å². The Kier molecular flexibility index (Phi) is 4.32. The first-order valence-electron chi connectivity index (χ1n) is 8.78. The maximum atomic E-state index is 9.50. The summed E-state index contributed by atoms with van der Waals surface area (Å²) in [6, 6.07) is 20.5. The zero-order valence-electron chi connectivity index (χ0n) is 14.7. The molecule has 0 atom stereocenters. The Balaban J connectivity index is 1.56. The highest BCUT2D eigenvalue weighted by molar-refractivity contribution is 5.63. The largest absolute Gasteiger partial charge is 0.419 e. The molecule has 5 heteroatoms. The fourth-order valence-electron chi connectivity index (χ4n) is 3.33. The first-order valence-corrected chi connectivity index (χ1v) is 8.78. The van der Waals surface area contributed by atoms with Crippen molar-refractivity contribution in [3.05, 3.63) is 65.9 Å². The van der Waals surface area contributed by atoms with Gasteiger partial charge in [0.1, 0.15) is 6.07 Å². The molecule has 0 aliphatic carbocycles. The SMILES string of the molecule is Cc1ccccc1-c1nc(C#N)c(N2CCN(c3ccccc3)CC2)o1. The number of rotatable bonds is 3. The zero-order chi connectivity index (χ0) is 17.9. The number of aryl methyl sites for hydroxylation is 1. The summed E-state index contributed by atoms with van der Waals surface area (Å²) in [6.07, 6.45) is 0. The third-order valence-electron chi connectivity index (χ3n) is 4.78. The van der Waals surface area contributed by atoms with E-state index in [1.807, 2.05) is 37.3 Å². The van der Waals surface area contributed by atoms with Crippen molar-refractivity contribution >= 4 is 11.6 Å². The molecule has 4 rings (SSSR count). The minimum absolute atomic E-state index is 0.358. The van der Waals surface area contributed by atoms with Crippen LogP contribution in [0.3, 0.4) is 0 Å². The lowest BCUT2D eigenvalue weighted by Gasteiger charge is -2.35. The lowest BCUT2D eigenvalue weighted by Crippen LogP contribution is -2.46. The van der Waals surface area contributed by atoms with Gasteiger partial charge in [-0.05, 0) is 30.7 Å². The van der Waals surface area contributed by atoms with Crippen molar-refractivity contribution < 1.29 is 4.42 Å². The van der Waals surface area contributed by atoms with E-state index in [2.05, 4.69) is 45.1 Å². The topological polar surface area (TPSA) is 56.3 Å². The highest BCUT2D eigenvalue weighted by Gasteiger charge is 2.25. The Bertz CT molecular complexity index is 934. The smallest absolute Gasteiger partial charge is 0.235 e. The normalized spacial score (nSPS) is 14.3. The summed E-state index contributed by atoms with van der Waals surface area (Å²) in [6.45, 7) is 5.38. The third kappa shape index (κ3) is 3.02. The van der Waals surface area contributed by atoms with E-state index in [1.165, 1.54) is 5.69 Å². The molecule has 0 bridgehead atoms. The van der Waals surface area contributed by atoms with Crippen molar-refractivity contribution in [3.8, 4) is 17.5 Å². The van der Waals surface area contributed by atoms with Crippen molar-refractivity contribution in [3.63, 3.8) is 0 Å². The van der Waals surface area contributed by atoms with Crippen LogP contribution in [-0.4, -0.2) is 31.2 Å². The molecule has 0 unspecified atom stereocenters. The Hall–Kier alpha value is -3.26. The van der Waals surface area contributed by atoms with Crippen molar-refractivity contribution in [2.45, 2.75) is 6.92 Å². The number of nitriles is 1. The minimum atomic E-state index is 0.358. The van der Waals surface area contributed by atoms with Crippen LogP contribution in [0.4, 0.5) is 11.6 Å². The minimum Gasteiger partial charge on any atom is -0.419 e. The lowest BCUT2D eigenvalue weighted by molar-refractivity contribution is 0.531. The molecule has 2 heterocycles. The molecule has 2 aromatic carbocycles. The second-order valence-corrected chi connectivity index (χ2v) is 6.41. The molecule has 26 heavy (non-hydrogen) atoms. The van der Waals surface area contributed by atoms with E-state index in [1.54, 1.807) is 0 Å². The van der Waals surface area contributed by atoms with E-state index in [4.69, 9.17) is 4.42 Å². The number of benzene rings is 2. The van der Waals surface area contributed by atoms with E-state index in [9.17, 15) is 5.26 Å². The van der Waals surface area contributed by atoms with Gasteiger partial charge in [0.2, 0.25) is 17.5 Å². The van der Waals surface area contributed by atoms with Crippen molar-refractivity contribution in [1.29, 1.82) is 5.26 Å². The highest BCUT2D eigenvalue weighted by atomic mass is 16.4. The standard InChI is InChI=1S/C21H20N4O/c1-16-7-5-6-10-18(16)20-23-19(15-22)21(26-20)25-13-11-24(12-14-25)17-8-3-2-4-9-17/h2-10H,11-14H2,1H3. The van der Waals surface area contributed by atoms with Crippen molar-refractivity contribution in [2.24, 2.45) is 0 Å². The first kappa shape index (κ1) is 16.2. The van der Waals surface area contributed by atoms with Gasteiger partial charge in [-0.3, -0.25) is 0 Å². The molecule has 1 saturated heterocycles. The highest BCUT2D eigenvalue weighted by Crippen LogP contribution is 2.30. The fraction of sp³-hybridized carbons (Fsp3) is 0.238. The molecule has 1 fully saturated rings. The van der Waals surface area contributed by atoms with Crippen LogP contribution in [-0.2, 0) is 0 Å². The number of nitrogens with zero attached hydrogens (tertiary/aromatic N) is 4. The van der Waals surface area contributed by atoms with Crippen LogP contribution >= 0.6 is 0 Å². The van der Waals surface area contributed by atoms with E-state index < -0.39 is 0 Å². The Morgan fingerprint density at radius 2 is 1.58 bits per heavy atom. The summed E-state index contributed by atoms with van der Waals surface area (Å²) in [5.41, 5.74) is 3.60. The molecule has 0 spiro atoms. The van der Waals surface area contributed by atoms with Gasteiger partial charge >= 0.3 is 0 Å². The summed E-state index contributed by atoms with van der Waals surface area (Å²) in [5, 5.41) is 9.50. The molecule has 1 aliphatic heterocycles. The van der Waals surface area contributed by atoms with E-state index in [-0.39, 0.29) is 0 Å². The number of hydrogen-bond acceptors (Lipinski definition) is 5. The van der Waals surface area contributed by atoms with Gasteiger partial charge in [-0.25, -0.2) is 0 Å². The van der Waals surface area contributed by atoms with E-state index in [0.29, 0.717) is 17.5 Å². The van der Waals surface area contributed by atoms with Gasteiger partial charge in [0, 0.05) is 37.4 Å². The van der Waals surface area contributed by atoms with Crippen LogP contribution in [0.15, 0.2) is 59.0 Å². The van der Waals surface area contributed by atoms with Crippen LogP contribution in [0.5, 0.6) is 0 Å². The molecule has 0 N–H and O–H groups in total. The predicted molar refractivity (Wildman–Crippen MR) is 102 cm³/mol. The number of para-hydroxylation sites is 1. The van der Waals surface area contributed by atoms with Crippen LogP contribution in [0, 0.1) is 18.3 Å². The second kappa shape index (κ2) is 6.93. The Morgan fingerprint density at radius 3 is 2.27 bits per heavy atom. The van der Waals surface area contributed by atoms with Gasteiger partial charge in [-0.1, -0.05) is 36.4 Å². The van der Waals surface area contributed by atoms with Crippen molar-refractivity contribution in [1.82, 2.24) is 4.98 Å². The molecule has 0 saturated carbocycles. The Morgan fingerprint density at radius 1 is 0.923 bits per heavy atom. The van der Waals surface area contributed by atoms with Gasteiger partial charge in [0.15, 0.2) is 0 Å². The summed E-state index contributed by atoms with van der Waals surface area (Å²) < 4.78 is 6.03. The lowest BCUT2D eigenvalue weighted by atomic mass is 10.1. The van der Waals surface area contributed by atoms with Gasteiger partial charge < -0.3 is 14.2 Å². The predicted octanol–water partition coefficient (Wildman–Crippen LogP) is 3.85. The van der Waals surface area contributed by atoms with Crippen molar-refractivity contribution in [2.75, 3.05) is 36.0 Å². The number of piperazine rings is 1. The molecule has 1 aromatic heterocycles.